The smallest absolute Gasteiger partial charge is 0.314 e. The molecule has 0 saturated carbocycles. The van der Waals surface area contributed by atoms with Gasteiger partial charge in [0, 0.05) is 18.7 Å². The highest BCUT2D eigenvalue weighted by Gasteiger charge is 2.21. The maximum absolute atomic E-state index is 13.0. The molecule has 0 unspecified atom stereocenters. The van der Waals surface area contributed by atoms with E-state index in [0.717, 1.165) is 31.4 Å². The van der Waals surface area contributed by atoms with Crippen molar-refractivity contribution in [3.8, 4) is 0 Å². The number of nitrogens with one attached hydrogen (secondary N) is 3. The first-order valence-corrected chi connectivity index (χ1v) is 9.68. The first kappa shape index (κ1) is 18.0. The van der Waals surface area contributed by atoms with Gasteiger partial charge in [-0.2, -0.15) is 0 Å². The number of rotatable bonds is 3. The van der Waals surface area contributed by atoms with Gasteiger partial charge >= 0.3 is 11.1 Å². The molecule has 5 rings (SSSR count). The van der Waals surface area contributed by atoms with Crippen molar-refractivity contribution in [1.82, 2.24) is 19.9 Å². The van der Waals surface area contributed by atoms with Crippen molar-refractivity contribution in [2.24, 2.45) is 0 Å². The summed E-state index contributed by atoms with van der Waals surface area (Å²) in [6, 6.07) is 12.2. The number of amides is 1. The number of fused-ring (bicyclic) bond motifs is 2. The predicted octanol–water partition coefficient (Wildman–Crippen LogP) is 2.01. The molecule has 30 heavy (non-hydrogen) atoms. The van der Waals surface area contributed by atoms with E-state index in [1.165, 1.54) is 6.07 Å². The first-order chi connectivity index (χ1) is 14.6. The largest absolute Gasteiger partial charge is 0.354 e. The van der Waals surface area contributed by atoms with Gasteiger partial charge in [-0.25, -0.2) is 9.97 Å². The molecular weight excluding hydrogens is 384 g/mol. The van der Waals surface area contributed by atoms with Gasteiger partial charge in [-0.3, -0.25) is 14.4 Å². The first-order valence-electron chi connectivity index (χ1n) is 9.68. The Kier molecular flexibility index (Phi) is 4.27. The maximum Gasteiger partial charge on any atom is 0.314 e. The van der Waals surface area contributed by atoms with Gasteiger partial charge in [0.2, 0.25) is 0 Å². The van der Waals surface area contributed by atoms with Gasteiger partial charge in [-0.15, -0.1) is 0 Å². The fourth-order valence-electron chi connectivity index (χ4n) is 3.66. The molecule has 0 spiro atoms. The third-order valence-electron chi connectivity index (χ3n) is 5.17. The van der Waals surface area contributed by atoms with Crippen molar-refractivity contribution < 1.29 is 4.79 Å². The number of H-pyrrole nitrogens is 2. The summed E-state index contributed by atoms with van der Waals surface area (Å²) in [7, 11) is 0. The molecule has 9 nitrogen and oxygen atoms in total. The summed E-state index contributed by atoms with van der Waals surface area (Å²) in [4.78, 5) is 52.5. The number of nitrogens with zero attached hydrogens (tertiary/aromatic N) is 3. The number of para-hydroxylation sites is 2. The van der Waals surface area contributed by atoms with Crippen LogP contribution in [0.5, 0.6) is 0 Å². The Bertz CT molecular complexity index is 1400. The zero-order valence-electron chi connectivity index (χ0n) is 15.9. The number of aromatic nitrogens is 4. The highest BCUT2D eigenvalue weighted by molar-refractivity contribution is 6.07. The van der Waals surface area contributed by atoms with Crippen LogP contribution in [0, 0.1) is 0 Å². The molecule has 1 fully saturated rings. The average Bonchev–Trinajstić information content (AvgIpc) is 3.28. The number of hydrogen-bond acceptors (Lipinski definition) is 6. The van der Waals surface area contributed by atoms with Gasteiger partial charge in [0.25, 0.3) is 5.91 Å². The second kappa shape index (κ2) is 7.11. The third-order valence-corrected chi connectivity index (χ3v) is 5.17. The predicted molar refractivity (Wildman–Crippen MR) is 114 cm³/mol. The molecule has 0 aliphatic carbocycles. The second-order valence-corrected chi connectivity index (χ2v) is 7.20. The standard InChI is InChI=1S/C21H18N6O3/c28-19(12-7-8-15-16(11-12)25-21(30)20(29)24-15)26-17-18(27-9-3-4-10-27)23-14-6-2-1-5-13(14)22-17/h1-2,5-8,11H,3-4,9-10H2,(H,24,29)(H,25,30)(H,22,26,28). The van der Waals surface area contributed by atoms with Crippen LogP contribution in [0.25, 0.3) is 22.1 Å². The molecule has 2 aromatic heterocycles. The Morgan fingerprint density at radius 1 is 0.900 bits per heavy atom. The van der Waals surface area contributed by atoms with Crippen LogP contribution in [0.3, 0.4) is 0 Å². The fraction of sp³-hybridized carbons (Fsp3) is 0.190. The number of anilines is 2. The summed E-state index contributed by atoms with van der Waals surface area (Å²) in [6.45, 7) is 1.72. The lowest BCUT2D eigenvalue weighted by Crippen LogP contribution is -2.29. The Morgan fingerprint density at radius 2 is 1.57 bits per heavy atom. The minimum absolute atomic E-state index is 0.326. The van der Waals surface area contributed by atoms with Crippen LogP contribution in [0.15, 0.2) is 52.1 Å². The van der Waals surface area contributed by atoms with Crippen LogP contribution in [-0.2, 0) is 0 Å². The monoisotopic (exact) mass is 402 g/mol. The van der Waals surface area contributed by atoms with E-state index in [4.69, 9.17) is 4.98 Å². The second-order valence-electron chi connectivity index (χ2n) is 7.20. The quantitative estimate of drug-likeness (QED) is 0.451. The minimum atomic E-state index is -0.767. The highest BCUT2D eigenvalue weighted by atomic mass is 16.2. The van der Waals surface area contributed by atoms with Gasteiger partial charge < -0.3 is 20.2 Å². The van der Waals surface area contributed by atoms with E-state index in [0.29, 0.717) is 33.7 Å². The van der Waals surface area contributed by atoms with Gasteiger partial charge in [-0.05, 0) is 43.2 Å². The van der Waals surface area contributed by atoms with Crippen molar-refractivity contribution in [2.75, 3.05) is 23.3 Å². The van der Waals surface area contributed by atoms with Crippen molar-refractivity contribution in [3.63, 3.8) is 0 Å². The van der Waals surface area contributed by atoms with Crippen molar-refractivity contribution >= 4 is 39.6 Å². The molecule has 3 heterocycles. The lowest BCUT2D eigenvalue weighted by Gasteiger charge is -2.20. The lowest BCUT2D eigenvalue weighted by molar-refractivity contribution is 0.102. The maximum atomic E-state index is 13.0. The summed E-state index contributed by atoms with van der Waals surface area (Å²) in [6.07, 6.45) is 2.14. The minimum Gasteiger partial charge on any atom is -0.354 e. The van der Waals surface area contributed by atoms with Gasteiger partial charge in [0.1, 0.15) is 0 Å². The number of hydrogen-bond donors (Lipinski definition) is 3. The molecule has 9 heteroatoms. The molecule has 1 aliphatic rings. The summed E-state index contributed by atoms with van der Waals surface area (Å²) in [5.74, 6) is 0.669. The molecule has 4 aromatic rings. The van der Waals surface area contributed by atoms with Crippen molar-refractivity contribution in [2.45, 2.75) is 12.8 Å². The van der Waals surface area contributed by atoms with Crippen LogP contribution in [-0.4, -0.2) is 38.9 Å². The Balaban J connectivity index is 1.54. The molecule has 3 N–H and O–H groups in total. The van der Waals surface area contributed by atoms with E-state index in [2.05, 4.69) is 25.2 Å². The molecule has 1 aliphatic heterocycles. The van der Waals surface area contributed by atoms with E-state index in [9.17, 15) is 14.4 Å². The Labute approximate surface area is 169 Å². The fourth-order valence-corrected chi connectivity index (χ4v) is 3.66. The zero-order chi connectivity index (χ0) is 20.7. The molecule has 0 radical (unpaired) electrons. The topological polar surface area (TPSA) is 124 Å². The lowest BCUT2D eigenvalue weighted by atomic mass is 10.2. The van der Waals surface area contributed by atoms with E-state index < -0.39 is 11.1 Å². The molecule has 0 bridgehead atoms. The number of carbonyl (C=O) groups excluding carboxylic acids is 1. The van der Waals surface area contributed by atoms with E-state index in [1.54, 1.807) is 12.1 Å². The Morgan fingerprint density at radius 3 is 2.30 bits per heavy atom. The van der Waals surface area contributed by atoms with Crippen molar-refractivity contribution in [1.29, 1.82) is 0 Å². The number of carbonyl (C=O) groups is 1. The van der Waals surface area contributed by atoms with Crippen LogP contribution in [0.1, 0.15) is 23.2 Å². The Hall–Kier alpha value is -4.01. The van der Waals surface area contributed by atoms with Gasteiger partial charge in [0.15, 0.2) is 11.6 Å². The normalized spacial score (nSPS) is 13.8. The van der Waals surface area contributed by atoms with Crippen LogP contribution >= 0.6 is 0 Å². The summed E-state index contributed by atoms with van der Waals surface area (Å²) in [5, 5.41) is 2.87. The van der Waals surface area contributed by atoms with E-state index >= 15 is 0 Å². The van der Waals surface area contributed by atoms with Crippen LogP contribution in [0.4, 0.5) is 11.6 Å². The summed E-state index contributed by atoms with van der Waals surface area (Å²) < 4.78 is 0. The summed E-state index contributed by atoms with van der Waals surface area (Å²) >= 11 is 0. The SMILES string of the molecule is O=C(Nc1nc2ccccc2nc1N1CCCC1)c1ccc2[nH]c(=O)c(=O)[nH]c2c1. The summed E-state index contributed by atoms with van der Waals surface area (Å²) in [5.41, 5.74) is 1.10. The van der Waals surface area contributed by atoms with E-state index in [1.807, 2.05) is 24.3 Å². The van der Waals surface area contributed by atoms with Crippen LogP contribution in [0.2, 0.25) is 0 Å². The van der Waals surface area contributed by atoms with Crippen LogP contribution < -0.4 is 21.3 Å². The molecule has 2 aromatic carbocycles. The average molecular weight is 402 g/mol. The molecular formula is C21H18N6O3. The number of benzene rings is 2. The highest BCUT2D eigenvalue weighted by Crippen LogP contribution is 2.28. The zero-order valence-corrected chi connectivity index (χ0v) is 15.9. The van der Waals surface area contributed by atoms with Gasteiger partial charge in [0.05, 0.1) is 22.1 Å². The molecule has 150 valence electrons. The molecule has 0 atom stereocenters. The third kappa shape index (κ3) is 3.20. The molecule has 1 saturated heterocycles. The van der Waals surface area contributed by atoms with Gasteiger partial charge in [-0.1, -0.05) is 12.1 Å². The molecule has 1 amide bonds. The number of aromatic amines is 2. The van der Waals surface area contributed by atoms with Crippen molar-refractivity contribution in [3.05, 3.63) is 68.7 Å². The van der Waals surface area contributed by atoms with E-state index in [-0.39, 0.29) is 5.91 Å².